The van der Waals surface area contributed by atoms with E-state index in [4.69, 9.17) is 21.4 Å². The summed E-state index contributed by atoms with van der Waals surface area (Å²) in [4.78, 5) is 41.4. The van der Waals surface area contributed by atoms with Gasteiger partial charge in [0.05, 0.1) is 18.4 Å². The van der Waals surface area contributed by atoms with E-state index < -0.39 is 23.8 Å². The van der Waals surface area contributed by atoms with Crippen molar-refractivity contribution in [3.05, 3.63) is 41.4 Å². The maximum absolute atomic E-state index is 13.6. The molecule has 3 rings (SSSR count). The minimum Gasteiger partial charge on any atom is -0.466 e. The fraction of sp³-hybridized carbons (Fsp3) is 0.560. The first kappa shape index (κ1) is 25.2. The summed E-state index contributed by atoms with van der Waals surface area (Å²) in [6.07, 6.45) is 6.97. The number of likely N-dealkylation sites (tertiary alicyclic amines) is 1. The Morgan fingerprint density at radius 2 is 1.82 bits per heavy atom. The van der Waals surface area contributed by atoms with E-state index in [2.05, 4.69) is 5.32 Å². The molecule has 1 aliphatic heterocycles. The van der Waals surface area contributed by atoms with Gasteiger partial charge in [-0.05, 0) is 49.9 Å². The van der Waals surface area contributed by atoms with E-state index >= 15 is 0 Å². The molecule has 33 heavy (non-hydrogen) atoms. The van der Waals surface area contributed by atoms with Gasteiger partial charge in [0.15, 0.2) is 0 Å². The maximum Gasteiger partial charge on any atom is 0.310 e. The first-order chi connectivity index (χ1) is 15.9. The zero-order chi connectivity index (χ0) is 24.0. The van der Waals surface area contributed by atoms with E-state index in [0.717, 1.165) is 19.3 Å². The van der Waals surface area contributed by atoms with Gasteiger partial charge in [-0.2, -0.15) is 0 Å². The molecule has 7 nitrogen and oxygen atoms in total. The first-order valence-corrected chi connectivity index (χ1v) is 12.1. The molecule has 2 aliphatic rings. The van der Waals surface area contributed by atoms with Crippen molar-refractivity contribution in [1.82, 2.24) is 4.90 Å². The number of esters is 1. The molecule has 0 unspecified atom stereocenters. The number of aliphatic hydroxyl groups is 1. The number of aliphatic hydroxyl groups excluding tert-OH is 1. The molecular formula is C25H33ClN2O5. The van der Waals surface area contributed by atoms with E-state index in [1.165, 1.54) is 0 Å². The van der Waals surface area contributed by atoms with E-state index in [1.54, 1.807) is 36.1 Å². The molecule has 1 aliphatic carbocycles. The van der Waals surface area contributed by atoms with Crippen LogP contribution in [0.2, 0.25) is 5.02 Å². The Labute approximate surface area is 200 Å². The van der Waals surface area contributed by atoms with Crippen molar-refractivity contribution in [2.24, 2.45) is 23.7 Å². The smallest absolute Gasteiger partial charge is 0.310 e. The van der Waals surface area contributed by atoms with E-state index in [1.807, 2.05) is 19.1 Å². The van der Waals surface area contributed by atoms with Gasteiger partial charge in [-0.25, -0.2) is 0 Å². The number of hydrogen-bond acceptors (Lipinski definition) is 5. The molecule has 1 heterocycles. The van der Waals surface area contributed by atoms with Crippen LogP contribution in [0.15, 0.2) is 36.4 Å². The van der Waals surface area contributed by atoms with Crippen molar-refractivity contribution in [1.29, 1.82) is 0 Å². The molecule has 2 N–H and O–H groups in total. The first-order valence-electron chi connectivity index (χ1n) is 11.7. The molecule has 1 saturated heterocycles. The monoisotopic (exact) mass is 476 g/mol. The number of amides is 2. The lowest BCUT2D eigenvalue weighted by Crippen LogP contribution is -2.44. The normalized spacial score (nSPS) is 26.2. The number of carbonyl (C=O) groups is 3. The van der Waals surface area contributed by atoms with Crippen LogP contribution in [0.5, 0.6) is 0 Å². The van der Waals surface area contributed by atoms with E-state index in [-0.39, 0.29) is 36.9 Å². The topological polar surface area (TPSA) is 95.9 Å². The van der Waals surface area contributed by atoms with Crippen molar-refractivity contribution < 1.29 is 24.2 Å². The third-order valence-electron chi connectivity index (χ3n) is 6.52. The fourth-order valence-electron chi connectivity index (χ4n) is 4.93. The molecule has 0 aromatic heterocycles. The van der Waals surface area contributed by atoms with Crippen LogP contribution in [0.3, 0.4) is 0 Å². The minimum atomic E-state index is -0.711. The number of hydrogen-bond donors (Lipinski definition) is 2. The zero-order valence-electron chi connectivity index (χ0n) is 19.2. The highest BCUT2D eigenvalue weighted by molar-refractivity contribution is 6.30. The number of nitrogens with zero attached hydrogens (tertiary/aromatic N) is 1. The maximum atomic E-state index is 13.6. The number of carbonyl (C=O) groups excluding carboxylic acids is 3. The van der Waals surface area contributed by atoms with Crippen molar-refractivity contribution in [2.75, 3.05) is 25.1 Å². The second-order valence-corrected chi connectivity index (χ2v) is 9.17. The molecule has 1 fully saturated rings. The summed E-state index contributed by atoms with van der Waals surface area (Å²) in [5, 5.41) is 12.5. The van der Waals surface area contributed by atoms with Gasteiger partial charge in [0.1, 0.15) is 6.04 Å². The number of halogens is 1. The lowest BCUT2D eigenvalue weighted by Gasteiger charge is -2.32. The van der Waals surface area contributed by atoms with Gasteiger partial charge in [0, 0.05) is 29.8 Å². The van der Waals surface area contributed by atoms with Gasteiger partial charge in [0.2, 0.25) is 11.8 Å². The molecule has 8 heteroatoms. The Kier molecular flexibility index (Phi) is 8.92. The SMILES string of the molecule is CCOC(=O)[C@H]1[C@@H]2C(=O)N(CCCCCCO)[C@H](C(=O)Nc3ccc(Cl)cc3)[C@H]2C=C[C@H]1C. The minimum absolute atomic E-state index is 0.142. The quantitative estimate of drug-likeness (QED) is 0.305. The summed E-state index contributed by atoms with van der Waals surface area (Å²) in [5.74, 6) is -2.64. The van der Waals surface area contributed by atoms with E-state index in [9.17, 15) is 14.4 Å². The Hall–Kier alpha value is -2.38. The van der Waals surface area contributed by atoms with Gasteiger partial charge in [-0.15, -0.1) is 0 Å². The predicted molar refractivity (Wildman–Crippen MR) is 127 cm³/mol. The number of unbranched alkanes of at least 4 members (excludes halogenated alkanes) is 3. The van der Waals surface area contributed by atoms with Crippen LogP contribution in [0.1, 0.15) is 39.5 Å². The predicted octanol–water partition coefficient (Wildman–Crippen LogP) is 3.66. The second-order valence-electron chi connectivity index (χ2n) is 8.74. The molecule has 0 saturated carbocycles. The summed E-state index contributed by atoms with van der Waals surface area (Å²) in [7, 11) is 0. The summed E-state index contributed by atoms with van der Waals surface area (Å²) in [6.45, 7) is 4.46. The highest BCUT2D eigenvalue weighted by Gasteiger charge is 2.56. The average molecular weight is 477 g/mol. The van der Waals surface area contributed by atoms with Crippen LogP contribution in [0, 0.1) is 23.7 Å². The molecule has 1 aromatic rings. The van der Waals surface area contributed by atoms with Gasteiger partial charge in [-0.1, -0.05) is 43.5 Å². The number of ether oxygens (including phenoxy) is 1. The Bertz CT molecular complexity index is 872. The van der Waals surface area contributed by atoms with Crippen molar-refractivity contribution in [2.45, 2.75) is 45.6 Å². The zero-order valence-corrected chi connectivity index (χ0v) is 20.0. The lowest BCUT2D eigenvalue weighted by atomic mass is 9.70. The van der Waals surface area contributed by atoms with Gasteiger partial charge < -0.3 is 20.1 Å². The van der Waals surface area contributed by atoms with Crippen molar-refractivity contribution in [3.8, 4) is 0 Å². The average Bonchev–Trinajstić information content (AvgIpc) is 3.07. The molecule has 0 radical (unpaired) electrons. The molecule has 0 bridgehead atoms. The number of benzene rings is 1. The van der Waals surface area contributed by atoms with Crippen LogP contribution >= 0.6 is 11.6 Å². The molecule has 1 aromatic carbocycles. The largest absolute Gasteiger partial charge is 0.466 e. The highest BCUT2D eigenvalue weighted by Crippen LogP contribution is 2.44. The van der Waals surface area contributed by atoms with Crippen LogP contribution in [-0.4, -0.2) is 53.6 Å². The summed E-state index contributed by atoms with van der Waals surface area (Å²) < 4.78 is 5.29. The molecule has 0 spiro atoms. The third-order valence-corrected chi connectivity index (χ3v) is 6.77. The lowest BCUT2D eigenvalue weighted by molar-refractivity contribution is -0.155. The second kappa shape index (κ2) is 11.7. The van der Waals surface area contributed by atoms with Crippen LogP contribution < -0.4 is 5.32 Å². The van der Waals surface area contributed by atoms with Crippen molar-refractivity contribution in [3.63, 3.8) is 0 Å². The number of allylic oxidation sites excluding steroid dienone is 1. The number of fused-ring (bicyclic) bond motifs is 1. The number of anilines is 1. The summed E-state index contributed by atoms with van der Waals surface area (Å²) in [5.41, 5.74) is 0.596. The number of rotatable bonds is 10. The van der Waals surface area contributed by atoms with Gasteiger partial charge in [0.25, 0.3) is 0 Å². The Morgan fingerprint density at radius 3 is 2.48 bits per heavy atom. The van der Waals surface area contributed by atoms with E-state index in [0.29, 0.717) is 23.7 Å². The molecule has 180 valence electrons. The standard InChI is InChI=1S/C25H33ClN2O5/c1-3-33-25(32)20-16(2)8-13-19-21(20)24(31)28(14-6-4-5-7-15-29)22(19)23(30)27-18-11-9-17(26)10-12-18/h8-13,16,19-22,29H,3-7,14-15H2,1-2H3,(H,27,30)/t16-,19+,20-,21-,22+/m1/s1. The van der Waals surface area contributed by atoms with Crippen LogP contribution in [0.4, 0.5) is 5.69 Å². The highest BCUT2D eigenvalue weighted by atomic mass is 35.5. The Morgan fingerprint density at radius 1 is 1.12 bits per heavy atom. The molecule has 2 amide bonds. The Balaban J connectivity index is 1.86. The van der Waals surface area contributed by atoms with Gasteiger partial charge in [-0.3, -0.25) is 14.4 Å². The van der Waals surface area contributed by atoms with Crippen LogP contribution in [-0.2, 0) is 19.1 Å². The van der Waals surface area contributed by atoms with Crippen molar-refractivity contribution >= 4 is 35.1 Å². The molecular weight excluding hydrogens is 444 g/mol. The van der Waals surface area contributed by atoms with Gasteiger partial charge >= 0.3 is 5.97 Å². The molecule has 5 atom stereocenters. The summed E-state index contributed by atoms with van der Waals surface area (Å²) >= 11 is 5.95. The fourth-order valence-corrected chi connectivity index (χ4v) is 5.05. The summed E-state index contributed by atoms with van der Waals surface area (Å²) in [6, 6.07) is 6.11. The third kappa shape index (κ3) is 5.76. The number of nitrogens with one attached hydrogen (secondary N) is 1. The van der Waals surface area contributed by atoms with Crippen LogP contribution in [0.25, 0.3) is 0 Å².